The fraction of sp³-hybridized carbons (Fsp3) is 0.625. The topological polar surface area (TPSA) is 32.3 Å². The first-order valence-electron chi connectivity index (χ1n) is 7.30. The fourth-order valence-electron chi connectivity index (χ4n) is 3.08. The summed E-state index contributed by atoms with van der Waals surface area (Å²) in [6.07, 6.45) is 6.09. The van der Waals surface area contributed by atoms with Gasteiger partial charge >= 0.3 is 0 Å². The largest absolute Gasteiger partial charge is 0.396 e. The van der Waals surface area contributed by atoms with Crippen LogP contribution in [0.5, 0.6) is 0 Å². The summed E-state index contributed by atoms with van der Waals surface area (Å²) in [6, 6.07) is 9.43. The lowest BCUT2D eigenvalue weighted by molar-refractivity contribution is 0.224. The van der Waals surface area contributed by atoms with Gasteiger partial charge in [0, 0.05) is 23.7 Å². The van der Waals surface area contributed by atoms with Gasteiger partial charge in [0.2, 0.25) is 0 Å². The molecule has 2 aliphatic rings. The van der Waals surface area contributed by atoms with Gasteiger partial charge in [0.15, 0.2) is 0 Å². The lowest BCUT2D eigenvalue weighted by Gasteiger charge is -2.37. The first-order valence-corrected chi connectivity index (χ1v) is 8.10. The number of aliphatic hydroxyl groups excluding tert-OH is 1. The molecule has 3 rings (SSSR count). The van der Waals surface area contributed by atoms with E-state index in [1.165, 1.54) is 31.2 Å². The summed E-state index contributed by atoms with van der Waals surface area (Å²) < 4.78 is 1.16. The molecule has 2 aliphatic carbocycles. The van der Waals surface area contributed by atoms with Gasteiger partial charge in [-0.25, -0.2) is 0 Å². The SMILES string of the molecule is OCCC1(CNC2CC(c3ccc(Br)cc3)C2)CC1. The van der Waals surface area contributed by atoms with E-state index in [9.17, 15) is 0 Å². The molecule has 104 valence electrons. The maximum Gasteiger partial charge on any atom is 0.0436 e. The van der Waals surface area contributed by atoms with Crippen molar-refractivity contribution in [2.75, 3.05) is 13.2 Å². The van der Waals surface area contributed by atoms with E-state index in [-0.39, 0.29) is 0 Å². The molecule has 0 radical (unpaired) electrons. The molecule has 0 aromatic heterocycles. The first kappa shape index (κ1) is 13.6. The van der Waals surface area contributed by atoms with Crippen molar-refractivity contribution in [1.82, 2.24) is 5.32 Å². The van der Waals surface area contributed by atoms with Crippen LogP contribution in [0.3, 0.4) is 0 Å². The number of hydrogen-bond acceptors (Lipinski definition) is 2. The van der Waals surface area contributed by atoms with E-state index in [1.54, 1.807) is 0 Å². The summed E-state index contributed by atoms with van der Waals surface area (Å²) in [5, 5.41) is 12.8. The minimum absolute atomic E-state index is 0.341. The third kappa shape index (κ3) is 3.21. The van der Waals surface area contributed by atoms with Crippen LogP contribution < -0.4 is 5.32 Å². The Balaban J connectivity index is 1.42. The van der Waals surface area contributed by atoms with E-state index in [0.717, 1.165) is 23.4 Å². The first-order chi connectivity index (χ1) is 9.21. The van der Waals surface area contributed by atoms with E-state index in [4.69, 9.17) is 5.11 Å². The summed E-state index contributed by atoms with van der Waals surface area (Å²) in [4.78, 5) is 0. The highest BCUT2D eigenvalue weighted by Crippen LogP contribution is 2.48. The molecule has 0 bridgehead atoms. The maximum atomic E-state index is 9.06. The van der Waals surface area contributed by atoms with Gasteiger partial charge in [0.05, 0.1) is 0 Å². The number of rotatable bonds is 6. The van der Waals surface area contributed by atoms with Gasteiger partial charge in [-0.15, -0.1) is 0 Å². The standard InChI is InChI=1S/C16H22BrNO/c17-14-3-1-12(2-4-14)13-9-15(10-13)18-11-16(5-6-16)7-8-19/h1-4,13,15,18-19H,5-11H2. The van der Waals surface area contributed by atoms with E-state index in [2.05, 4.69) is 45.5 Å². The molecular weight excluding hydrogens is 302 g/mol. The van der Waals surface area contributed by atoms with E-state index in [1.807, 2.05) is 0 Å². The Morgan fingerprint density at radius 1 is 1.21 bits per heavy atom. The Kier molecular flexibility index (Phi) is 3.97. The summed E-state index contributed by atoms with van der Waals surface area (Å²) in [5.74, 6) is 0.735. The molecule has 0 aliphatic heterocycles. The zero-order chi connectivity index (χ0) is 13.3. The summed E-state index contributed by atoms with van der Waals surface area (Å²) in [5.41, 5.74) is 1.91. The summed E-state index contributed by atoms with van der Waals surface area (Å²) >= 11 is 3.48. The zero-order valence-corrected chi connectivity index (χ0v) is 12.8. The van der Waals surface area contributed by atoms with Gasteiger partial charge in [0.25, 0.3) is 0 Å². The molecule has 19 heavy (non-hydrogen) atoms. The third-order valence-corrected chi connectivity index (χ3v) is 5.37. The average Bonchev–Trinajstić information content (AvgIpc) is 3.10. The van der Waals surface area contributed by atoms with Crippen molar-refractivity contribution in [3.63, 3.8) is 0 Å². The molecule has 1 aromatic carbocycles. The molecule has 2 saturated carbocycles. The maximum absolute atomic E-state index is 9.06. The van der Waals surface area contributed by atoms with Crippen molar-refractivity contribution in [2.45, 2.75) is 44.1 Å². The zero-order valence-electron chi connectivity index (χ0n) is 11.2. The van der Waals surface area contributed by atoms with Crippen LogP contribution in [-0.4, -0.2) is 24.3 Å². The number of aliphatic hydroxyl groups is 1. The van der Waals surface area contributed by atoms with Crippen molar-refractivity contribution in [3.05, 3.63) is 34.3 Å². The normalized spacial score (nSPS) is 27.9. The van der Waals surface area contributed by atoms with Gasteiger partial charge in [-0.05, 0) is 61.1 Å². The summed E-state index contributed by atoms with van der Waals surface area (Å²) in [6.45, 7) is 1.44. The Bertz CT molecular complexity index is 421. The molecule has 2 N–H and O–H groups in total. The predicted octanol–water partition coefficient (Wildman–Crippen LogP) is 3.45. The van der Waals surface area contributed by atoms with Gasteiger partial charge in [-0.2, -0.15) is 0 Å². The van der Waals surface area contributed by atoms with Crippen LogP contribution in [0.4, 0.5) is 0 Å². The van der Waals surface area contributed by atoms with Crippen molar-refractivity contribution < 1.29 is 5.11 Å². The van der Waals surface area contributed by atoms with Crippen LogP contribution in [0, 0.1) is 5.41 Å². The van der Waals surface area contributed by atoms with E-state index >= 15 is 0 Å². The van der Waals surface area contributed by atoms with Crippen LogP contribution in [0.15, 0.2) is 28.7 Å². The highest BCUT2D eigenvalue weighted by atomic mass is 79.9. The Morgan fingerprint density at radius 3 is 2.47 bits per heavy atom. The van der Waals surface area contributed by atoms with Crippen molar-refractivity contribution in [2.24, 2.45) is 5.41 Å². The van der Waals surface area contributed by atoms with E-state index < -0.39 is 0 Å². The molecule has 2 nitrogen and oxygen atoms in total. The quantitative estimate of drug-likeness (QED) is 0.840. The predicted molar refractivity (Wildman–Crippen MR) is 81.3 cm³/mol. The van der Waals surface area contributed by atoms with Crippen LogP contribution in [-0.2, 0) is 0 Å². The highest BCUT2D eigenvalue weighted by molar-refractivity contribution is 9.10. The molecule has 0 unspecified atom stereocenters. The lowest BCUT2D eigenvalue weighted by atomic mass is 9.75. The second-order valence-corrected chi connectivity index (χ2v) is 7.19. The van der Waals surface area contributed by atoms with Gasteiger partial charge < -0.3 is 10.4 Å². The Morgan fingerprint density at radius 2 is 1.89 bits per heavy atom. The fourth-order valence-corrected chi connectivity index (χ4v) is 3.35. The second-order valence-electron chi connectivity index (χ2n) is 6.27. The average molecular weight is 324 g/mol. The van der Waals surface area contributed by atoms with Crippen LogP contribution >= 0.6 is 15.9 Å². The van der Waals surface area contributed by atoms with Gasteiger partial charge in [0.1, 0.15) is 0 Å². The van der Waals surface area contributed by atoms with Crippen molar-refractivity contribution in [3.8, 4) is 0 Å². The molecule has 0 spiro atoms. The Hall–Kier alpha value is -0.380. The third-order valence-electron chi connectivity index (χ3n) is 4.84. The molecule has 3 heteroatoms. The molecule has 1 aromatic rings. The molecule has 0 heterocycles. The van der Waals surface area contributed by atoms with Gasteiger partial charge in [-0.3, -0.25) is 0 Å². The Labute approximate surface area is 123 Å². The molecule has 0 atom stereocenters. The highest BCUT2D eigenvalue weighted by Gasteiger charge is 2.42. The summed E-state index contributed by atoms with van der Waals surface area (Å²) in [7, 11) is 0. The smallest absolute Gasteiger partial charge is 0.0436 e. The molecule has 0 amide bonds. The number of benzene rings is 1. The number of halogens is 1. The molecular formula is C16H22BrNO. The van der Waals surface area contributed by atoms with Crippen LogP contribution in [0.1, 0.15) is 43.6 Å². The molecule has 2 fully saturated rings. The monoisotopic (exact) mass is 323 g/mol. The minimum atomic E-state index is 0.341. The van der Waals surface area contributed by atoms with Crippen molar-refractivity contribution in [1.29, 1.82) is 0 Å². The number of hydrogen-bond donors (Lipinski definition) is 2. The van der Waals surface area contributed by atoms with Crippen LogP contribution in [0.2, 0.25) is 0 Å². The minimum Gasteiger partial charge on any atom is -0.396 e. The lowest BCUT2D eigenvalue weighted by Crippen LogP contribution is -2.42. The van der Waals surface area contributed by atoms with E-state index in [0.29, 0.717) is 18.1 Å². The second kappa shape index (κ2) is 5.55. The van der Waals surface area contributed by atoms with Crippen LogP contribution in [0.25, 0.3) is 0 Å². The van der Waals surface area contributed by atoms with Gasteiger partial charge in [-0.1, -0.05) is 28.1 Å². The number of nitrogens with one attached hydrogen (secondary N) is 1. The molecule has 0 saturated heterocycles. The van der Waals surface area contributed by atoms with Crippen molar-refractivity contribution >= 4 is 15.9 Å².